The molecule has 3 aromatic rings. The Morgan fingerprint density at radius 1 is 1.19 bits per heavy atom. The third kappa shape index (κ3) is 2.86. The molecule has 1 aliphatic carbocycles. The van der Waals surface area contributed by atoms with Gasteiger partial charge in [-0.3, -0.25) is 4.79 Å². The SMILES string of the molecule is O=C1Nc2ccc(F)c(F)c2CN1CC(=O)N1CC2C=C(c3ccc4nonc4c3)C1C2. The number of hydrogen-bond acceptors (Lipinski definition) is 5. The highest BCUT2D eigenvalue weighted by atomic mass is 19.2. The normalized spacial score (nSPS) is 21.7. The highest BCUT2D eigenvalue weighted by Gasteiger charge is 2.42. The van der Waals surface area contributed by atoms with Crippen LogP contribution in [0.25, 0.3) is 16.6 Å². The zero-order valence-electron chi connectivity index (χ0n) is 16.7. The second-order valence-electron chi connectivity index (χ2n) is 8.32. The minimum absolute atomic E-state index is 0.0375. The Bertz CT molecular complexity index is 1320. The quantitative estimate of drug-likeness (QED) is 0.680. The van der Waals surface area contributed by atoms with Gasteiger partial charge in [-0.15, -0.1) is 0 Å². The first-order valence-corrected chi connectivity index (χ1v) is 10.2. The van der Waals surface area contributed by atoms with Crippen LogP contribution in [0.4, 0.5) is 19.3 Å². The highest BCUT2D eigenvalue weighted by Crippen LogP contribution is 2.42. The lowest BCUT2D eigenvalue weighted by molar-refractivity contribution is -0.132. The van der Waals surface area contributed by atoms with E-state index in [4.69, 9.17) is 4.63 Å². The summed E-state index contributed by atoms with van der Waals surface area (Å²) in [7, 11) is 0. The van der Waals surface area contributed by atoms with Gasteiger partial charge in [-0.25, -0.2) is 18.2 Å². The molecule has 10 heteroatoms. The second-order valence-corrected chi connectivity index (χ2v) is 8.32. The van der Waals surface area contributed by atoms with E-state index in [2.05, 4.69) is 21.7 Å². The van der Waals surface area contributed by atoms with E-state index in [1.54, 1.807) is 4.90 Å². The van der Waals surface area contributed by atoms with Gasteiger partial charge in [-0.05, 0) is 58.1 Å². The Morgan fingerprint density at radius 2 is 2.03 bits per heavy atom. The summed E-state index contributed by atoms with van der Waals surface area (Å²) >= 11 is 0. The lowest BCUT2D eigenvalue weighted by atomic mass is 9.99. The van der Waals surface area contributed by atoms with Crippen LogP contribution in [0, 0.1) is 17.6 Å². The molecule has 6 rings (SSSR count). The summed E-state index contributed by atoms with van der Waals surface area (Å²) < 4.78 is 32.6. The molecule has 3 aliphatic rings. The van der Waals surface area contributed by atoms with Gasteiger partial charge >= 0.3 is 6.03 Å². The van der Waals surface area contributed by atoms with Crippen LogP contribution in [0.3, 0.4) is 0 Å². The van der Waals surface area contributed by atoms with Crippen molar-refractivity contribution >= 4 is 34.2 Å². The molecule has 2 bridgehead atoms. The van der Waals surface area contributed by atoms with Crippen LogP contribution >= 0.6 is 0 Å². The van der Waals surface area contributed by atoms with E-state index in [0.29, 0.717) is 17.6 Å². The maximum atomic E-state index is 14.2. The molecule has 8 nitrogen and oxygen atoms in total. The largest absolute Gasteiger partial charge is 0.333 e. The van der Waals surface area contributed by atoms with Gasteiger partial charge < -0.3 is 15.1 Å². The summed E-state index contributed by atoms with van der Waals surface area (Å²) in [5, 5.41) is 10.2. The fourth-order valence-electron chi connectivity index (χ4n) is 4.88. The molecule has 3 heterocycles. The van der Waals surface area contributed by atoms with E-state index in [-0.39, 0.29) is 42.2 Å². The van der Waals surface area contributed by atoms with Gasteiger partial charge in [-0.2, -0.15) is 0 Å². The summed E-state index contributed by atoms with van der Waals surface area (Å²) in [5.74, 6) is -2.00. The lowest BCUT2D eigenvalue weighted by Gasteiger charge is -2.33. The van der Waals surface area contributed by atoms with E-state index >= 15 is 0 Å². The van der Waals surface area contributed by atoms with Crippen molar-refractivity contribution in [1.29, 1.82) is 0 Å². The van der Waals surface area contributed by atoms with Crippen molar-refractivity contribution in [3.8, 4) is 0 Å². The Kier molecular flexibility index (Phi) is 4.04. The number of anilines is 1. The highest BCUT2D eigenvalue weighted by molar-refractivity contribution is 5.95. The molecule has 2 atom stereocenters. The molecule has 2 aromatic carbocycles. The third-order valence-electron chi connectivity index (χ3n) is 6.42. The van der Waals surface area contributed by atoms with Crippen molar-refractivity contribution in [1.82, 2.24) is 20.1 Å². The van der Waals surface area contributed by atoms with Gasteiger partial charge in [0.05, 0.1) is 18.3 Å². The standard InChI is InChI=1S/C22H17F2N5O3/c23-15-2-4-16-14(21(15)24)9-28(22(31)25-16)10-20(30)29-8-11-5-13(19(29)6-11)12-1-3-17-18(7-12)27-32-26-17/h1-5,7,11,19H,6,8-10H2,(H,25,31). The van der Waals surface area contributed by atoms with Gasteiger partial charge in [-0.1, -0.05) is 12.1 Å². The first kappa shape index (κ1) is 18.9. The summed E-state index contributed by atoms with van der Waals surface area (Å²) in [6, 6.07) is 7.30. The van der Waals surface area contributed by atoms with E-state index in [1.807, 2.05) is 18.2 Å². The van der Waals surface area contributed by atoms with E-state index < -0.39 is 17.7 Å². The number of likely N-dealkylation sites (tertiary alicyclic amines) is 1. The molecule has 1 aromatic heterocycles. The average molecular weight is 437 g/mol. The number of halogens is 2. The van der Waals surface area contributed by atoms with Gasteiger partial charge in [0, 0.05) is 12.1 Å². The topological polar surface area (TPSA) is 91.6 Å². The number of carbonyl (C=O) groups excluding carboxylic acids is 2. The molecule has 1 saturated heterocycles. The van der Waals surface area contributed by atoms with Gasteiger partial charge in [0.2, 0.25) is 5.91 Å². The number of rotatable bonds is 3. The predicted molar refractivity (Wildman–Crippen MR) is 109 cm³/mol. The van der Waals surface area contributed by atoms with E-state index in [9.17, 15) is 18.4 Å². The van der Waals surface area contributed by atoms with Crippen LogP contribution in [-0.4, -0.2) is 51.2 Å². The molecule has 3 amide bonds. The molecule has 32 heavy (non-hydrogen) atoms. The van der Waals surface area contributed by atoms with E-state index in [1.165, 1.54) is 11.0 Å². The third-order valence-corrected chi connectivity index (χ3v) is 6.42. The Balaban J connectivity index is 1.21. The van der Waals surface area contributed by atoms with Crippen molar-refractivity contribution in [3.05, 3.63) is 59.2 Å². The van der Waals surface area contributed by atoms with Crippen LogP contribution in [0.2, 0.25) is 0 Å². The molecule has 1 fully saturated rings. The fraction of sp³-hybridized carbons (Fsp3) is 0.273. The molecule has 0 spiro atoms. The second kappa shape index (κ2) is 6.84. The van der Waals surface area contributed by atoms with Crippen molar-refractivity contribution in [2.45, 2.75) is 19.0 Å². The zero-order valence-corrected chi connectivity index (χ0v) is 16.7. The van der Waals surface area contributed by atoms with Gasteiger partial charge in [0.1, 0.15) is 17.6 Å². The number of benzene rings is 2. The van der Waals surface area contributed by atoms with Crippen molar-refractivity contribution < 1.29 is 23.0 Å². The number of aromatic nitrogens is 2. The summed E-state index contributed by atoms with van der Waals surface area (Å²) in [6.07, 6.45) is 2.98. The van der Waals surface area contributed by atoms with Gasteiger partial charge in [0.25, 0.3) is 0 Å². The van der Waals surface area contributed by atoms with Crippen molar-refractivity contribution in [2.24, 2.45) is 5.92 Å². The van der Waals surface area contributed by atoms with Crippen LogP contribution in [0.1, 0.15) is 17.5 Å². The predicted octanol–water partition coefficient (Wildman–Crippen LogP) is 3.16. The zero-order chi connectivity index (χ0) is 22.0. The minimum Gasteiger partial charge on any atom is -0.333 e. The summed E-state index contributed by atoms with van der Waals surface area (Å²) in [4.78, 5) is 28.5. The summed E-state index contributed by atoms with van der Waals surface area (Å²) in [6.45, 7) is 0.177. The summed E-state index contributed by atoms with van der Waals surface area (Å²) in [5.41, 5.74) is 3.53. The molecule has 2 aliphatic heterocycles. The molecule has 1 N–H and O–H groups in total. The number of nitrogens with zero attached hydrogens (tertiary/aromatic N) is 4. The molecular weight excluding hydrogens is 420 g/mol. The fourth-order valence-corrected chi connectivity index (χ4v) is 4.88. The van der Waals surface area contributed by atoms with Gasteiger partial charge in [0.15, 0.2) is 11.6 Å². The molecule has 0 saturated carbocycles. The number of hydrogen-bond donors (Lipinski definition) is 1. The van der Waals surface area contributed by atoms with Crippen LogP contribution in [-0.2, 0) is 11.3 Å². The Hall–Kier alpha value is -3.82. The van der Waals surface area contributed by atoms with Crippen LogP contribution < -0.4 is 5.32 Å². The minimum atomic E-state index is -1.01. The first-order valence-electron chi connectivity index (χ1n) is 10.2. The molecular formula is C22H17F2N5O3. The monoisotopic (exact) mass is 437 g/mol. The number of fused-ring (bicyclic) bond motifs is 4. The molecule has 0 radical (unpaired) electrons. The number of amides is 3. The van der Waals surface area contributed by atoms with Crippen molar-refractivity contribution in [3.63, 3.8) is 0 Å². The van der Waals surface area contributed by atoms with Crippen LogP contribution in [0.15, 0.2) is 41.0 Å². The first-order chi connectivity index (χ1) is 15.5. The maximum absolute atomic E-state index is 14.2. The Labute approximate surface area is 180 Å². The number of carbonyl (C=O) groups is 2. The van der Waals surface area contributed by atoms with E-state index in [0.717, 1.165) is 23.6 Å². The smallest absolute Gasteiger partial charge is 0.322 e. The van der Waals surface area contributed by atoms with Crippen LogP contribution in [0.5, 0.6) is 0 Å². The number of nitrogens with one attached hydrogen (secondary N) is 1. The maximum Gasteiger partial charge on any atom is 0.322 e. The lowest BCUT2D eigenvalue weighted by Crippen LogP contribution is -2.48. The van der Waals surface area contributed by atoms with Crippen molar-refractivity contribution in [2.75, 3.05) is 18.4 Å². The molecule has 162 valence electrons. The number of urea groups is 1. The average Bonchev–Trinajstić information content (AvgIpc) is 3.52. The Morgan fingerprint density at radius 3 is 2.88 bits per heavy atom. The molecule has 2 unspecified atom stereocenters.